The summed E-state index contributed by atoms with van der Waals surface area (Å²) < 4.78 is 6.39. The maximum atomic E-state index is 12.7. The topological polar surface area (TPSA) is 55.3 Å². The molecule has 108 valence electrons. The molecule has 8 heteroatoms. The quantitative estimate of drug-likeness (QED) is 0.508. The Morgan fingerprint density at radius 2 is 2.10 bits per heavy atom. The number of nitrogens with zero attached hydrogens (tertiary/aromatic N) is 3. The van der Waals surface area contributed by atoms with Gasteiger partial charge in [-0.15, -0.1) is 0 Å². The van der Waals surface area contributed by atoms with E-state index in [1.807, 2.05) is 12.1 Å². The molecule has 0 N–H and O–H groups in total. The van der Waals surface area contributed by atoms with E-state index in [1.54, 1.807) is 11.0 Å². The minimum Gasteiger partial charge on any atom is -0.475 e. The molecule has 5 nitrogen and oxygen atoms in total. The number of hydrogen-bond acceptors (Lipinski definition) is 4. The van der Waals surface area contributed by atoms with Crippen molar-refractivity contribution in [1.29, 1.82) is 0 Å². The standard InChI is InChI=1S/C13H8Cl2IN3O2/c14-8-5-7(1-2-9(8)16)19-3-4-21-12-10(13(19)20)11(15)17-6-18-12/h1-2,5-6H,3-4H2. The van der Waals surface area contributed by atoms with E-state index in [2.05, 4.69) is 32.6 Å². The van der Waals surface area contributed by atoms with Gasteiger partial charge in [0.15, 0.2) is 0 Å². The zero-order chi connectivity index (χ0) is 15.0. The molecule has 0 aliphatic carbocycles. The number of amides is 1. The Bertz CT molecular complexity index is 727. The van der Waals surface area contributed by atoms with Crippen molar-refractivity contribution < 1.29 is 9.53 Å². The second-order valence-corrected chi connectivity index (χ2v) is 6.18. The van der Waals surface area contributed by atoms with Crippen LogP contribution in [0.25, 0.3) is 0 Å². The van der Waals surface area contributed by atoms with Crippen molar-refractivity contribution >= 4 is 57.4 Å². The fourth-order valence-electron chi connectivity index (χ4n) is 2.01. The third-order valence-corrected chi connectivity index (χ3v) is 4.85. The van der Waals surface area contributed by atoms with E-state index in [4.69, 9.17) is 27.9 Å². The first kappa shape index (κ1) is 14.8. The number of aromatic nitrogens is 2. The molecular formula is C13H8Cl2IN3O2. The second kappa shape index (κ2) is 5.94. The molecule has 1 aliphatic rings. The minimum absolute atomic E-state index is 0.0773. The van der Waals surface area contributed by atoms with Gasteiger partial charge in [0.2, 0.25) is 5.88 Å². The first-order valence-corrected chi connectivity index (χ1v) is 7.81. The van der Waals surface area contributed by atoms with Crippen LogP contribution in [0.4, 0.5) is 5.69 Å². The van der Waals surface area contributed by atoms with Gasteiger partial charge in [-0.25, -0.2) is 9.97 Å². The van der Waals surface area contributed by atoms with Crippen molar-refractivity contribution in [2.24, 2.45) is 0 Å². The lowest BCUT2D eigenvalue weighted by atomic mass is 10.2. The average molecular weight is 436 g/mol. The molecule has 0 bridgehead atoms. The first-order chi connectivity index (χ1) is 10.1. The highest BCUT2D eigenvalue weighted by atomic mass is 127. The van der Waals surface area contributed by atoms with Crippen molar-refractivity contribution in [3.05, 3.63) is 43.8 Å². The highest BCUT2D eigenvalue weighted by Gasteiger charge is 2.29. The molecular weight excluding hydrogens is 428 g/mol. The number of benzene rings is 1. The Morgan fingerprint density at radius 1 is 1.29 bits per heavy atom. The highest BCUT2D eigenvalue weighted by Crippen LogP contribution is 2.30. The maximum Gasteiger partial charge on any atom is 0.267 e. The predicted molar refractivity (Wildman–Crippen MR) is 88.4 cm³/mol. The third kappa shape index (κ3) is 2.79. The summed E-state index contributed by atoms with van der Waals surface area (Å²) in [6, 6.07) is 5.42. The monoisotopic (exact) mass is 435 g/mol. The lowest BCUT2D eigenvalue weighted by molar-refractivity contribution is 0.0989. The van der Waals surface area contributed by atoms with Gasteiger partial charge < -0.3 is 9.64 Å². The predicted octanol–water partition coefficient (Wildman–Crippen LogP) is 3.43. The smallest absolute Gasteiger partial charge is 0.267 e. The molecule has 1 aromatic carbocycles. The SMILES string of the molecule is O=C1c2c(Cl)ncnc2OCCN1c1ccc(I)c(Cl)c1. The van der Waals surface area contributed by atoms with Crippen LogP contribution in [-0.2, 0) is 0 Å². The summed E-state index contributed by atoms with van der Waals surface area (Å²) in [6.45, 7) is 0.693. The van der Waals surface area contributed by atoms with Crippen LogP contribution in [0.5, 0.6) is 5.88 Å². The molecule has 21 heavy (non-hydrogen) atoms. The summed E-state index contributed by atoms with van der Waals surface area (Å²) in [5.41, 5.74) is 0.855. The van der Waals surface area contributed by atoms with Crippen LogP contribution < -0.4 is 9.64 Å². The van der Waals surface area contributed by atoms with Gasteiger partial charge in [0, 0.05) is 9.26 Å². The molecule has 0 unspecified atom stereocenters. The van der Waals surface area contributed by atoms with Gasteiger partial charge in [0.25, 0.3) is 5.91 Å². The fraction of sp³-hybridized carbons (Fsp3) is 0.154. The van der Waals surface area contributed by atoms with E-state index in [9.17, 15) is 4.79 Å². The third-order valence-electron chi connectivity index (χ3n) is 2.99. The van der Waals surface area contributed by atoms with Crippen molar-refractivity contribution in [2.45, 2.75) is 0 Å². The van der Waals surface area contributed by atoms with Crippen molar-refractivity contribution in [3.8, 4) is 5.88 Å². The number of carbonyl (C=O) groups is 1. The fourth-order valence-corrected chi connectivity index (χ4v) is 2.72. The number of hydrogen-bond donors (Lipinski definition) is 0. The summed E-state index contributed by atoms with van der Waals surface area (Å²) in [6.07, 6.45) is 1.27. The average Bonchev–Trinajstić information content (AvgIpc) is 2.62. The molecule has 3 rings (SSSR count). The van der Waals surface area contributed by atoms with Crippen LogP contribution in [0.2, 0.25) is 10.2 Å². The Kier molecular flexibility index (Phi) is 4.19. The van der Waals surface area contributed by atoms with Gasteiger partial charge in [-0.05, 0) is 40.8 Å². The Morgan fingerprint density at radius 3 is 2.86 bits per heavy atom. The lowest BCUT2D eigenvalue weighted by Gasteiger charge is -2.20. The van der Waals surface area contributed by atoms with E-state index in [1.165, 1.54) is 6.33 Å². The molecule has 1 amide bonds. The van der Waals surface area contributed by atoms with E-state index in [0.29, 0.717) is 23.9 Å². The van der Waals surface area contributed by atoms with Crippen molar-refractivity contribution in [1.82, 2.24) is 9.97 Å². The summed E-state index contributed by atoms with van der Waals surface area (Å²) >= 11 is 14.3. The van der Waals surface area contributed by atoms with Gasteiger partial charge in [-0.2, -0.15) is 0 Å². The van der Waals surface area contributed by atoms with Crippen LogP contribution in [0.1, 0.15) is 10.4 Å². The number of anilines is 1. The molecule has 0 spiro atoms. The molecule has 2 heterocycles. The second-order valence-electron chi connectivity index (χ2n) is 4.25. The number of halogens is 3. The van der Waals surface area contributed by atoms with Crippen LogP contribution >= 0.6 is 45.8 Å². The number of ether oxygens (including phenoxy) is 1. The van der Waals surface area contributed by atoms with Gasteiger partial charge in [0.1, 0.15) is 23.7 Å². The van der Waals surface area contributed by atoms with Gasteiger partial charge >= 0.3 is 0 Å². The molecule has 1 aliphatic heterocycles. The van der Waals surface area contributed by atoms with Crippen LogP contribution in [0.15, 0.2) is 24.5 Å². The van der Waals surface area contributed by atoms with E-state index < -0.39 is 0 Å². The van der Waals surface area contributed by atoms with Crippen molar-refractivity contribution in [3.63, 3.8) is 0 Å². The summed E-state index contributed by atoms with van der Waals surface area (Å²) in [4.78, 5) is 22.1. The Balaban J connectivity index is 2.06. The van der Waals surface area contributed by atoms with E-state index in [0.717, 1.165) is 3.57 Å². The minimum atomic E-state index is -0.301. The largest absolute Gasteiger partial charge is 0.475 e. The Hall–Kier alpha value is -1.12. The highest BCUT2D eigenvalue weighted by molar-refractivity contribution is 14.1. The molecule has 0 atom stereocenters. The van der Waals surface area contributed by atoms with Crippen LogP contribution in [-0.4, -0.2) is 29.0 Å². The molecule has 2 aromatic rings. The maximum absolute atomic E-state index is 12.7. The molecule has 0 saturated carbocycles. The number of rotatable bonds is 1. The summed E-state index contributed by atoms with van der Waals surface area (Å²) in [5.74, 6) is -0.0931. The normalized spacial score (nSPS) is 14.4. The molecule has 0 radical (unpaired) electrons. The summed E-state index contributed by atoms with van der Waals surface area (Å²) in [5, 5.41) is 0.662. The lowest BCUT2D eigenvalue weighted by Crippen LogP contribution is -2.32. The van der Waals surface area contributed by atoms with Gasteiger partial charge in [0.05, 0.1) is 11.6 Å². The summed E-state index contributed by atoms with van der Waals surface area (Å²) in [7, 11) is 0. The van der Waals surface area contributed by atoms with Crippen LogP contribution in [0, 0.1) is 3.57 Å². The number of carbonyl (C=O) groups excluding carboxylic acids is 1. The molecule has 0 saturated heterocycles. The van der Waals surface area contributed by atoms with Gasteiger partial charge in [-0.1, -0.05) is 23.2 Å². The van der Waals surface area contributed by atoms with Crippen LogP contribution in [0.3, 0.4) is 0 Å². The Labute approximate surface area is 144 Å². The van der Waals surface area contributed by atoms with Crippen molar-refractivity contribution in [2.75, 3.05) is 18.1 Å². The number of fused-ring (bicyclic) bond motifs is 1. The molecule has 1 aromatic heterocycles. The van der Waals surface area contributed by atoms with Gasteiger partial charge in [-0.3, -0.25) is 4.79 Å². The van der Waals surface area contributed by atoms with E-state index >= 15 is 0 Å². The molecule has 0 fully saturated rings. The first-order valence-electron chi connectivity index (χ1n) is 5.98. The van der Waals surface area contributed by atoms with E-state index in [-0.39, 0.29) is 22.5 Å². The zero-order valence-corrected chi connectivity index (χ0v) is 14.2. The zero-order valence-electron chi connectivity index (χ0n) is 10.5.